The first-order chi connectivity index (χ1) is 16.2. The average Bonchev–Trinajstić information content (AvgIpc) is 3.01. The van der Waals surface area contributed by atoms with Crippen LogP contribution < -0.4 is 5.73 Å². The molecule has 0 spiro atoms. The first kappa shape index (κ1) is 20.6. The highest BCUT2D eigenvalue weighted by Crippen LogP contribution is 2.61. The molecule has 2 N–H and O–H groups in total. The highest BCUT2D eigenvalue weighted by Gasteiger charge is 2.31. The Bertz CT molecular complexity index is 1370. The van der Waals surface area contributed by atoms with E-state index in [1.54, 1.807) is 0 Å². The summed E-state index contributed by atoms with van der Waals surface area (Å²) in [6, 6.07) is 38.2. The lowest BCUT2D eigenvalue weighted by molar-refractivity contribution is 0.709. The Morgan fingerprint density at radius 1 is 0.606 bits per heavy atom. The Kier molecular flexibility index (Phi) is 5.25. The second-order valence-electron chi connectivity index (χ2n) is 9.26. The SMILES string of the molecule is CC(N)C(c1ccccc1)P1Cc2ccc3ccccc3c2-c2c(ccc3ccccc23)C1. The number of benzene rings is 5. The van der Waals surface area contributed by atoms with Crippen molar-refractivity contribution >= 4 is 29.5 Å². The molecule has 162 valence electrons. The van der Waals surface area contributed by atoms with E-state index in [1.807, 2.05) is 0 Å². The minimum absolute atomic E-state index is 0.115. The zero-order valence-electron chi connectivity index (χ0n) is 18.9. The van der Waals surface area contributed by atoms with Crippen LogP contribution in [-0.4, -0.2) is 6.04 Å². The molecule has 0 saturated carbocycles. The summed E-state index contributed by atoms with van der Waals surface area (Å²) in [6.07, 6.45) is 2.19. The summed E-state index contributed by atoms with van der Waals surface area (Å²) in [5.41, 5.74) is 14.2. The second-order valence-corrected chi connectivity index (χ2v) is 11.6. The fourth-order valence-corrected chi connectivity index (χ4v) is 8.84. The van der Waals surface area contributed by atoms with Gasteiger partial charge < -0.3 is 5.73 Å². The van der Waals surface area contributed by atoms with Gasteiger partial charge in [-0.05, 0) is 68.6 Å². The third kappa shape index (κ3) is 3.57. The molecule has 1 heterocycles. The molecule has 5 aromatic rings. The standard InChI is InChI=1S/C31H28NP/c1-21(32)31(24-11-3-2-4-12-24)33-19-25-17-15-22-9-5-7-13-27(22)29(25)30-26(20-33)18-16-23-10-6-8-14-28(23)30/h2-18,21,31H,19-20,32H2,1H3. The molecule has 2 heteroatoms. The molecule has 0 amide bonds. The number of hydrogen-bond acceptors (Lipinski definition) is 1. The number of nitrogens with two attached hydrogens (primary N) is 1. The highest BCUT2D eigenvalue weighted by atomic mass is 31.1. The minimum Gasteiger partial charge on any atom is -0.327 e. The lowest BCUT2D eigenvalue weighted by Gasteiger charge is -2.31. The molecule has 1 nitrogen and oxygen atoms in total. The van der Waals surface area contributed by atoms with Crippen LogP contribution in [-0.2, 0) is 12.3 Å². The predicted octanol–water partition coefficient (Wildman–Crippen LogP) is 8.24. The van der Waals surface area contributed by atoms with E-state index < -0.39 is 0 Å². The molecule has 0 bridgehead atoms. The fraction of sp³-hybridized carbons (Fsp3) is 0.161. The summed E-state index contributed by atoms with van der Waals surface area (Å²) < 4.78 is 0. The Hall–Kier alpha value is -2.99. The molecule has 1 aliphatic rings. The van der Waals surface area contributed by atoms with E-state index in [2.05, 4.69) is 110 Å². The maximum Gasteiger partial charge on any atom is 0.0197 e. The van der Waals surface area contributed by atoms with E-state index in [0.717, 1.165) is 12.3 Å². The Balaban J connectivity index is 1.64. The van der Waals surface area contributed by atoms with E-state index in [0.29, 0.717) is 5.66 Å². The fourth-order valence-electron chi connectivity index (χ4n) is 5.67. The van der Waals surface area contributed by atoms with Crippen LogP contribution in [0.15, 0.2) is 103 Å². The summed E-state index contributed by atoms with van der Waals surface area (Å²) >= 11 is 0. The van der Waals surface area contributed by atoms with Crippen molar-refractivity contribution in [2.75, 3.05) is 0 Å². The molecule has 2 atom stereocenters. The minimum atomic E-state index is -0.386. The Morgan fingerprint density at radius 3 is 1.61 bits per heavy atom. The maximum atomic E-state index is 6.69. The normalized spacial score (nSPS) is 15.6. The average molecular weight is 446 g/mol. The summed E-state index contributed by atoms with van der Waals surface area (Å²) in [4.78, 5) is 0. The number of rotatable bonds is 3. The number of fused-ring (bicyclic) bond motifs is 7. The smallest absolute Gasteiger partial charge is 0.0197 e. The van der Waals surface area contributed by atoms with Gasteiger partial charge in [-0.25, -0.2) is 0 Å². The lowest BCUT2D eigenvalue weighted by atomic mass is 9.88. The van der Waals surface area contributed by atoms with Crippen molar-refractivity contribution in [1.82, 2.24) is 0 Å². The molecular formula is C31H28NP. The van der Waals surface area contributed by atoms with Crippen molar-refractivity contribution in [3.8, 4) is 11.1 Å². The topological polar surface area (TPSA) is 26.0 Å². The molecule has 0 aliphatic carbocycles. The third-order valence-corrected chi connectivity index (χ3v) is 10.1. The van der Waals surface area contributed by atoms with Gasteiger partial charge in [0.1, 0.15) is 0 Å². The van der Waals surface area contributed by atoms with Crippen molar-refractivity contribution in [3.63, 3.8) is 0 Å². The van der Waals surface area contributed by atoms with Crippen LogP contribution >= 0.6 is 7.92 Å². The summed E-state index contributed by atoms with van der Waals surface area (Å²) in [6.45, 7) is 2.19. The van der Waals surface area contributed by atoms with Crippen LogP contribution in [0.25, 0.3) is 32.7 Å². The Labute approximate surface area is 197 Å². The van der Waals surface area contributed by atoms with Crippen LogP contribution in [0.4, 0.5) is 0 Å². The maximum absolute atomic E-state index is 6.69. The highest BCUT2D eigenvalue weighted by molar-refractivity contribution is 7.56. The van der Waals surface area contributed by atoms with Gasteiger partial charge in [-0.1, -0.05) is 111 Å². The van der Waals surface area contributed by atoms with Gasteiger partial charge in [-0.3, -0.25) is 0 Å². The molecule has 33 heavy (non-hydrogen) atoms. The van der Waals surface area contributed by atoms with E-state index >= 15 is 0 Å². The van der Waals surface area contributed by atoms with Crippen LogP contribution in [0.1, 0.15) is 29.3 Å². The summed E-state index contributed by atoms with van der Waals surface area (Å²) in [7, 11) is -0.386. The van der Waals surface area contributed by atoms with Gasteiger partial charge in [0.15, 0.2) is 0 Å². The van der Waals surface area contributed by atoms with E-state index in [1.165, 1.54) is 49.4 Å². The Morgan fingerprint density at radius 2 is 1.09 bits per heavy atom. The van der Waals surface area contributed by atoms with E-state index in [9.17, 15) is 0 Å². The zero-order valence-corrected chi connectivity index (χ0v) is 19.8. The molecular weight excluding hydrogens is 417 g/mol. The molecule has 0 fully saturated rings. The lowest BCUT2D eigenvalue weighted by Crippen LogP contribution is -2.24. The van der Waals surface area contributed by atoms with Gasteiger partial charge in [0.25, 0.3) is 0 Å². The van der Waals surface area contributed by atoms with Crippen molar-refractivity contribution in [2.45, 2.75) is 30.9 Å². The van der Waals surface area contributed by atoms with Gasteiger partial charge in [-0.15, -0.1) is 0 Å². The van der Waals surface area contributed by atoms with Gasteiger partial charge in [0.05, 0.1) is 0 Å². The van der Waals surface area contributed by atoms with Crippen molar-refractivity contribution in [2.24, 2.45) is 5.73 Å². The van der Waals surface area contributed by atoms with Crippen LogP contribution in [0.5, 0.6) is 0 Å². The quantitative estimate of drug-likeness (QED) is 0.278. The van der Waals surface area contributed by atoms with E-state index in [-0.39, 0.29) is 14.0 Å². The molecule has 1 aliphatic heterocycles. The van der Waals surface area contributed by atoms with Gasteiger partial charge >= 0.3 is 0 Å². The zero-order chi connectivity index (χ0) is 22.4. The molecule has 0 saturated heterocycles. The largest absolute Gasteiger partial charge is 0.327 e. The van der Waals surface area contributed by atoms with Gasteiger partial charge in [0, 0.05) is 11.7 Å². The number of hydrogen-bond donors (Lipinski definition) is 1. The van der Waals surface area contributed by atoms with Crippen molar-refractivity contribution in [1.29, 1.82) is 0 Å². The van der Waals surface area contributed by atoms with Crippen molar-refractivity contribution < 1.29 is 0 Å². The molecule has 6 rings (SSSR count). The third-order valence-electron chi connectivity index (χ3n) is 7.06. The monoisotopic (exact) mass is 445 g/mol. The van der Waals surface area contributed by atoms with Crippen molar-refractivity contribution in [3.05, 3.63) is 120 Å². The van der Waals surface area contributed by atoms with Crippen LogP contribution in [0.2, 0.25) is 0 Å². The summed E-state index contributed by atoms with van der Waals surface area (Å²) in [5.74, 6) is 0. The first-order valence-electron chi connectivity index (χ1n) is 11.8. The first-order valence-corrected chi connectivity index (χ1v) is 13.5. The van der Waals surface area contributed by atoms with Crippen LogP contribution in [0.3, 0.4) is 0 Å². The predicted molar refractivity (Wildman–Crippen MR) is 144 cm³/mol. The van der Waals surface area contributed by atoms with Crippen LogP contribution in [0, 0.1) is 0 Å². The van der Waals surface area contributed by atoms with Gasteiger partial charge in [0.2, 0.25) is 0 Å². The molecule has 2 unspecified atom stereocenters. The van der Waals surface area contributed by atoms with E-state index in [4.69, 9.17) is 5.73 Å². The molecule has 0 radical (unpaired) electrons. The summed E-state index contributed by atoms with van der Waals surface area (Å²) in [5, 5.41) is 5.35. The molecule has 5 aromatic carbocycles. The second kappa shape index (κ2) is 8.41. The van der Waals surface area contributed by atoms with Gasteiger partial charge in [-0.2, -0.15) is 0 Å². The molecule has 0 aromatic heterocycles.